The lowest BCUT2D eigenvalue weighted by Crippen LogP contribution is -2.47. The highest BCUT2D eigenvalue weighted by Gasteiger charge is 2.75. The van der Waals surface area contributed by atoms with E-state index in [2.05, 4.69) is 11.3 Å². The lowest BCUT2D eigenvalue weighted by atomic mass is 9.73. The molecule has 2 bridgehead atoms. The predicted molar refractivity (Wildman–Crippen MR) is 94.3 cm³/mol. The van der Waals surface area contributed by atoms with Gasteiger partial charge in [-0.1, -0.05) is 6.58 Å². The van der Waals surface area contributed by atoms with E-state index in [1.165, 1.54) is 6.92 Å². The number of esters is 3. The van der Waals surface area contributed by atoms with Crippen molar-refractivity contribution in [2.45, 2.75) is 68.8 Å². The fraction of sp³-hybridized carbons (Fsp3) is 0.750. The zero-order valence-corrected chi connectivity index (χ0v) is 17.9. The predicted octanol–water partition coefficient (Wildman–Crippen LogP) is 4.22. The topological polar surface area (TPSA) is 78.9 Å². The third-order valence-corrected chi connectivity index (χ3v) is 6.35. The Morgan fingerprint density at radius 1 is 1.06 bits per heavy atom. The van der Waals surface area contributed by atoms with Crippen molar-refractivity contribution in [2.75, 3.05) is 6.61 Å². The first kappa shape index (κ1) is 27.1. The van der Waals surface area contributed by atoms with Gasteiger partial charge in [0.1, 0.15) is 12.2 Å². The number of carbonyl (C=O) groups excluding carboxylic acids is 3. The van der Waals surface area contributed by atoms with Crippen LogP contribution in [0.2, 0.25) is 0 Å². The lowest BCUT2D eigenvalue weighted by Gasteiger charge is -2.31. The molecular weight excluding hydrogens is 507 g/mol. The van der Waals surface area contributed by atoms with Gasteiger partial charge >= 0.3 is 30.0 Å². The van der Waals surface area contributed by atoms with Gasteiger partial charge in [0, 0.05) is 17.4 Å². The van der Waals surface area contributed by atoms with Crippen molar-refractivity contribution in [3.05, 3.63) is 12.2 Å². The van der Waals surface area contributed by atoms with Crippen LogP contribution in [0, 0.1) is 17.3 Å². The second-order valence-electron chi connectivity index (χ2n) is 9.14. The molecule has 198 valence electrons. The summed E-state index contributed by atoms with van der Waals surface area (Å²) in [6, 6.07) is 0. The first-order chi connectivity index (χ1) is 15.7. The third-order valence-electron chi connectivity index (χ3n) is 6.35. The van der Waals surface area contributed by atoms with Crippen LogP contribution in [0.15, 0.2) is 12.2 Å². The summed E-state index contributed by atoms with van der Waals surface area (Å²) in [5.74, 6) is -20.8. The summed E-state index contributed by atoms with van der Waals surface area (Å²) in [6.45, 7) is 2.68. The maximum atomic E-state index is 14.0. The van der Waals surface area contributed by atoms with Crippen LogP contribution in [0.4, 0.5) is 39.5 Å². The van der Waals surface area contributed by atoms with Gasteiger partial charge in [0.2, 0.25) is 0 Å². The van der Waals surface area contributed by atoms with Gasteiger partial charge in [-0.2, -0.15) is 22.0 Å². The molecule has 0 radical (unpaired) electrons. The fourth-order valence-corrected chi connectivity index (χ4v) is 4.87. The Hall–Kier alpha value is -2.48. The van der Waals surface area contributed by atoms with E-state index in [1.807, 2.05) is 0 Å². The van der Waals surface area contributed by atoms with E-state index in [9.17, 15) is 53.9 Å². The summed E-state index contributed by atoms with van der Waals surface area (Å²) in [5, 5.41) is 0. The molecule has 1 heterocycles. The molecule has 3 rings (SSSR count). The monoisotopic (exact) mass is 526 g/mol. The van der Waals surface area contributed by atoms with Crippen molar-refractivity contribution in [2.24, 2.45) is 17.3 Å². The molecule has 0 spiro atoms. The zero-order chi connectivity index (χ0) is 26.8. The molecule has 35 heavy (non-hydrogen) atoms. The van der Waals surface area contributed by atoms with Crippen molar-refractivity contribution in [1.82, 2.24) is 0 Å². The van der Waals surface area contributed by atoms with Gasteiger partial charge in [-0.3, -0.25) is 9.59 Å². The smallest absolute Gasteiger partial charge is 0.453 e. The van der Waals surface area contributed by atoms with Crippen LogP contribution in [-0.4, -0.2) is 60.7 Å². The molecule has 6 nitrogen and oxygen atoms in total. The zero-order valence-electron chi connectivity index (χ0n) is 17.9. The Morgan fingerprint density at radius 2 is 1.66 bits per heavy atom. The van der Waals surface area contributed by atoms with Gasteiger partial charge in [0.25, 0.3) is 11.8 Å². The summed E-state index contributed by atoms with van der Waals surface area (Å²) >= 11 is 0. The van der Waals surface area contributed by atoms with E-state index in [-0.39, 0.29) is 18.4 Å². The Bertz CT molecular complexity index is 931. The Labute approximate surface area is 191 Å². The molecular formula is C20H19F9O6. The average Bonchev–Trinajstić information content (AvgIpc) is 3.25. The standard InChI is InChI=1S/C20H19F9O6/c1-8(2)13(30)34-11-9-3-10-12(11)35-15(32)18(10,4-9)14(31)33-7-17(23,24)5-16(21,22)6-19(25,26)20(27,28)29/h9-12H,1,3-7H2,2H3. The van der Waals surface area contributed by atoms with Crippen LogP contribution < -0.4 is 0 Å². The Morgan fingerprint density at radius 3 is 2.20 bits per heavy atom. The highest BCUT2D eigenvalue weighted by atomic mass is 19.4. The molecule has 3 aliphatic rings. The highest BCUT2D eigenvalue weighted by Crippen LogP contribution is 2.63. The van der Waals surface area contributed by atoms with Crippen molar-refractivity contribution >= 4 is 17.9 Å². The number of carbonyl (C=O) groups is 3. The number of hydrogen-bond donors (Lipinski definition) is 0. The van der Waals surface area contributed by atoms with Crippen LogP contribution in [0.25, 0.3) is 0 Å². The minimum atomic E-state index is -6.38. The average molecular weight is 526 g/mol. The van der Waals surface area contributed by atoms with E-state index in [0.717, 1.165) is 0 Å². The molecule has 0 aromatic heterocycles. The molecule has 3 fully saturated rings. The largest absolute Gasteiger partial charge is 0.458 e. The van der Waals surface area contributed by atoms with Crippen molar-refractivity contribution in [1.29, 1.82) is 0 Å². The third kappa shape index (κ3) is 4.82. The summed E-state index contributed by atoms with van der Waals surface area (Å²) in [7, 11) is 0. The molecule has 1 aliphatic heterocycles. The summed E-state index contributed by atoms with van der Waals surface area (Å²) in [4.78, 5) is 36.9. The molecule has 0 aromatic carbocycles. The molecule has 0 N–H and O–H groups in total. The van der Waals surface area contributed by atoms with Gasteiger partial charge in [-0.15, -0.1) is 0 Å². The maximum absolute atomic E-state index is 14.0. The fourth-order valence-electron chi connectivity index (χ4n) is 4.87. The Kier molecular flexibility index (Phi) is 6.42. The summed E-state index contributed by atoms with van der Waals surface area (Å²) in [5.41, 5.74) is -2.00. The minimum absolute atomic E-state index is 0.0507. The quantitative estimate of drug-likeness (QED) is 0.147. The van der Waals surface area contributed by atoms with Crippen LogP contribution in [0.3, 0.4) is 0 Å². The van der Waals surface area contributed by atoms with Gasteiger partial charge in [0.05, 0.1) is 12.8 Å². The normalized spacial score (nSPS) is 30.3. The second-order valence-corrected chi connectivity index (χ2v) is 9.14. The highest BCUT2D eigenvalue weighted by molar-refractivity contribution is 6.03. The maximum Gasteiger partial charge on any atom is 0.453 e. The molecule has 15 heteroatoms. The lowest BCUT2D eigenvalue weighted by molar-refractivity contribution is -0.304. The Balaban J connectivity index is 1.64. The molecule has 5 unspecified atom stereocenters. The van der Waals surface area contributed by atoms with Gasteiger partial charge < -0.3 is 14.2 Å². The molecule has 0 aromatic rings. The minimum Gasteiger partial charge on any atom is -0.458 e. The first-order valence-electron chi connectivity index (χ1n) is 10.2. The van der Waals surface area contributed by atoms with E-state index in [4.69, 9.17) is 9.47 Å². The van der Waals surface area contributed by atoms with Crippen LogP contribution in [-0.2, 0) is 28.6 Å². The van der Waals surface area contributed by atoms with Crippen molar-refractivity contribution in [3.63, 3.8) is 0 Å². The molecule has 5 atom stereocenters. The van der Waals surface area contributed by atoms with Gasteiger partial charge in [0.15, 0.2) is 12.0 Å². The van der Waals surface area contributed by atoms with Crippen LogP contribution in [0.1, 0.15) is 32.6 Å². The van der Waals surface area contributed by atoms with E-state index >= 15 is 0 Å². The van der Waals surface area contributed by atoms with E-state index < -0.39 is 90.8 Å². The SMILES string of the molecule is C=C(C)C(=O)OC1C2CC3C1OC(=O)C3(C(=O)OCC(F)(F)CC(F)(F)CC(F)(F)C(F)(F)F)C2. The van der Waals surface area contributed by atoms with Gasteiger partial charge in [-0.25, -0.2) is 22.4 Å². The van der Waals surface area contributed by atoms with Crippen molar-refractivity contribution < 1.29 is 68.1 Å². The van der Waals surface area contributed by atoms with E-state index in [0.29, 0.717) is 0 Å². The van der Waals surface area contributed by atoms with Crippen molar-refractivity contribution in [3.8, 4) is 0 Å². The van der Waals surface area contributed by atoms with Gasteiger partial charge in [-0.05, 0) is 19.8 Å². The number of hydrogen-bond acceptors (Lipinski definition) is 6. The summed E-state index contributed by atoms with van der Waals surface area (Å²) in [6.07, 6.45) is -14.5. The molecule has 0 amide bonds. The molecule has 1 saturated heterocycles. The number of fused-ring (bicyclic) bond motifs is 1. The molecule has 2 aliphatic carbocycles. The first-order valence-corrected chi connectivity index (χ1v) is 10.2. The second kappa shape index (κ2) is 8.29. The van der Waals surface area contributed by atoms with Crippen LogP contribution in [0.5, 0.6) is 0 Å². The van der Waals surface area contributed by atoms with Crippen LogP contribution >= 0.6 is 0 Å². The summed E-state index contributed by atoms with van der Waals surface area (Å²) < 4.78 is 132. The number of rotatable bonds is 9. The number of halogens is 9. The number of ether oxygens (including phenoxy) is 3. The number of alkyl halides is 9. The van der Waals surface area contributed by atoms with E-state index in [1.54, 1.807) is 0 Å². The molecule has 2 saturated carbocycles.